The SMILES string of the molecule is COc1ccc(OCc2nc(-c3ccc4c(c3)CCC(=O)N4)cs2)cc1. The van der Waals surface area contributed by atoms with Gasteiger partial charge in [0.15, 0.2) is 0 Å². The molecule has 0 fully saturated rings. The topological polar surface area (TPSA) is 60.5 Å². The van der Waals surface area contributed by atoms with E-state index in [-0.39, 0.29) is 5.91 Å². The molecule has 0 atom stereocenters. The summed E-state index contributed by atoms with van der Waals surface area (Å²) in [6, 6.07) is 13.6. The van der Waals surface area contributed by atoms with Gasteiger partial charge in [-0.15, -0.1) is 11.3 Å². The van der Waals surface area contributed by atoms with Crippen LogP contribution in [0, 0.1) is 0 Å². The van der Waals surface area contributed by atoms with Gasteiger partial charge in [0.25, 0.3) is 0 Å². The van der Waals surface area contributed by atoms with Gasteiger partial charge in [-0.3, -0.25) is 4.79 Å². The smallest absolute Gasteiger partial charge is 0.224 e. The van der Waals surface area contributed by atoms with Crippen LogP contribution in [0.15, 0.2) is 47.8 Å². The van der Waals surface area contributed by atoms with Crippen molar-refractivity contribution in [1.82, 2.24) is 4.98 Å². The highest BCUT2D eigenvalue weighted by atomic mass is 32.1. The standard InChI is InChI=1S/C20H18N2O3S/c1-24-15-4-6-16(7-5-15)25-11-20-22-18(12-26-20)14-2-8-17-13(10-14)3-9-19(23)21-17/h2,4-8,10,12H,3,9,11H2,1H3,(H,21,23). The van der Waals surface area contributed by atoms with Crippen molar-refractivity contribution in [2.24, 2.45) is 0 Å². The predicted molar refractivity (Wildman–Crippen MR) is 102 cm³/mol. The molecule has 0 saturated carbocycles. The van der Waals surface area contributed by atoms with Crippen LogP contribution < -0.4 is 14.8 Å². The molecule has 2 aromatic carbocycles. The normalized spacial score (nSPS) is 13.0. The largest absolute Gasteiger partial charge is 0.497 e. The third kappa shape index (κ3) is 3.55. The number of aryl methyl sites for hydroxylation is 1. The minimum absolute atomic E-state index is 0.0804. The van der Waals surface area contributed by atoms with Gasteiger partial charge in [0.1, 0.15) is 23.1 Å². The van der Waals surface area contributed by atoms with Crippen LogP contribution in [0.4, 0.5) is 5.69 Å². The molecule has 0 saturated heterocycles. The van der Waals surface area contributed by atoms with Crippen molar-refractivity contribution in [3.8, 4) is 22.8 Å². The number of amides is 1. The first kappa shape index (κ1) is 16.6. The Labute approximate surface area is 155 Å². The summed E-state index contributed by atoms with van der Waals surface area (Å²) in [4.78, 5) is 16.1. The van der Waals surface area contributed by atoms with E-state index >= 15 is 0 Å². The lowest BCUT2D eigenvalue weighted by Gasteiger charge is -2.17. The second-order valence-electron chi connectivity index (χ2n) is 6.01. The summed E-state index contributed by atoms with van der Waals surface area (Å²) < 4.78 is 10.9. The first-order chi connectivity index (χ1) is 12.7. The fraction of sp³-hybridized carbons (Fsp3) is 0.200. The Morgan fingerprint density at radius 3 is 2.73 bits per heavy atom. The zero-order valence-electron chi connectivity index (χ0n) is 14.3. The number of anilines is 1. The zero-order valence-corrected chi connectivity index (χ0v) is 15.1. The summed E-state index contributed by atoms with van der Waals surface area (Å²) >= 11 is 1.58. The number of benzene rings is 2. The molecule has 1 aromatic heterocycles. The Bertz CT molecular complexity index is 934. The summed E-state index contributed by atoms with van der Waals surface area (Å²) in [6.07, 6.45) is 1.31. The van der Waals surface area contributed by atoms with Crippen LogP contribution in [0.2, 0.25) is 0 Å². The average molecular weight is 366 g/mol. The summed E-state index contributed by atoms with van der Waals surface area (Å²) in [5.41, 5.74) is 4.06. The molecule has 3 aromatic rings. The molecule has 1 aliphatic heterocycles. The lowest BCUT2D eigenvalue weighted by molar-refractivity contribution is -0.116. The molecule has 1 aliphatic rings. The maximum atomic E-state index is 11.5. The fourth-order valence-corrected chi connectivity index (χ4v) is 3.58. The number of rotatable bonds is 5. The molecule has 132 valence electrons. The van der Waals surface area contributed by atoms with Crippen molar-refractivity contribution in [2.75, 3.05) is 12.4 Å². The zero-order chi connectivity index (χ0) is 17.9. The lowest BCUT2D eigenvalue weighted by atomic mass is 9.99. The summed E-state index contributed by atoms with van der Waals surface area (Å²) in [7, 11) is 1.64. The number of nitrogens with one attached hydrogen (secondary N) is 1. The number of aromatic nitrogens is 1. The second-order valence-corrected chi connectivity index (χ2v) is 6.95. The Balaban J connectivity index is 1.45. The Hall–Kier alpha value is -2.86. The summed E-state index contributed by atoms with van der Waals surface area (Å²) in [5, 5.41) is 5.86. The number of nitrogens with zero attached hydrogens (tertiary/aromatic N) is 1. The van der Waals surface area contributed by atoms with Crippen molar-refractivity contribution in [1.29, 1.82) is 0 Å². The van der Waals surface area contributed by atoms with Crippen LogP contribution in [0.3, 0.4) is 0 Å². The Morgan fingerprint density at radius 2 is 1.92 bits per heavy atom. The molecule has 1 amide bonds. The van der Waals surface area contributed by atoms with E-state index in [2.05, 4.69) is 16.4 Å². The van der Waals surface area contributed by atoms with Gasteiger partial charge in [-0.05, 0) is 48.4 Å². The van der Waals surface area contributed by atoms with Crippen molar-refractivity contribution in [3.05, 3.63) is 58.4 Å². The molecule has 1 N–H and O–H groups in total. The van der Waals surface area contributed by atoms with Crippen LogP contribution >= 0.6 is 11.3 Å². The van der Waals surface area contributed by atoms with Crippen LogP contribution in [-0.4, -0.2) is 18.0 Å². The molecule has 0 unspecified atom stereocenters. The number of hydrogen-bond acceptors (Lipinski definition) is 5. The highest BCUT2D eigenvalue weighted by Gasteiger charge is 2.16. The molecule has 4 rings (SSSR count). The second kappa shape index (κ2) is 7.17. The number of methoxy groups -OCH3 is 1. The minimum atomic E-state index is 0.0804. The van der Waals surface area contributed by atoms with E-state index in [9.17, 15) is 4.79 Å². The van der Waals surface area contributed by atoms with Gasteiger partial charge in [0.05, 0.1) is 12.8 Å². The number of ether oxygens (including phenoxy) is 2. The molecule has 0 bridgehead atoms. The molecular weight excluding hydrogens is 348 g/mol. The van der Waals surface area contributed by atoms with Gasteiger partial charge in [-0.1, -0.05) is 6.07 Å². The molecule has 26 heavy (non-hydrogen) atoms. The maximum absolute atomic E-state index is 11.5. The Morgan fingerprint density at radius 1 is 1.12 bits per heavy atom. The fourth-order valence-electron chi connectivity index (χ4n) is 2.87. The van der Waals surface area contributed by atoms with E-state index in [0.29, 0.717) is 13.0 Å². The van der Waals surface area contributed by atoms with E-state index in [1.165, 1.54) is 0 Å². The van der Waals surface area contributed by atoms with Crippen LogP contribution in [0.5, 0.6) is 11.5 Å². The number of carbonyl (C=O) groups excluding carboxylic acids is 1. The molecule has 5 nitrogen and oxygen atoms in total. The first-order valence-electron chi connectivity index (χ1n) is 8.36. The number of thiazole rings is 1. The Kier molecular flexibility index (Phi) is 4.58. The van der Waals surface area contributed by atoms with Crippen molar-refractivity contribution in [2.45, 2.75) is 19.4 Å². The van der Waals surface area contributed by atoms with Crippen molar-refractivity contribution < 1.29 is 14.3 Å². The quantitative estimate of drug-likeness (QED) is 0.732. The van der Waals surface area contributed by atoms with E-state index in [0.717, 1.165) is 45.4 Å². The van der Waals surface area contributed by atoms with E-state index in [1.807, 2.05) is 41.8 Å². The van der Waals surface area contributed by atoms with Crippen molar-refractivity contribution >= 4 is 22.9 Å². The molecular formula is C20H18N2O3S. The van der Waals surface area contributed by atoms with Gasteiger partial charge >= 0.3 is 0 Å². The lowest BCUT2D eigenvalue weighted by Crippen LogP contribution is -2.18. The highest BCUT2D eigenvalue weighted by Crippen LogP contribution is 2.29. The third-order valence-corrected chi connectivity index (χ3v) is 5.09. The average Bonchev–Trinajstić information content (AvgIpc) is 3.15. The van der Waals surface area contributed by atoms with Gasteiger partial charge in [0.2, 0.25) is 5.91 Å². The molecule has 0 aliphatic carbocycles. The summed E-state index contributed by atoms with van der Waals surface area (Å²) in [6.45, 7) is 0.429. The molecule has 0 spiro atoms. The maximum Gasteiger partial charge on any atom is 0.224 e. The van der Waals surface area contributed by atoms with Crippen LogP contribution in [0.1, 0.15) is 17.0 Å². The van der Waals surface area contributed by atoms with E-state index < -0.39 is 0 Å². The van der Waals surface area contributed by atoms with Gasteiger partial charge in [-0.2, -0.15) is 0 Å². The van der Waals surface area contributed by atoms with E-state index in [1.54, 1.807) is 18.4 Å². The molecule has 0 radical (unpaired) electrons. The van der Waals surface area contributed by atoms with Gasteiger partial charge < -0.3 is 14.8 Å². The van der Waals surface area contributed by atoms with Crippen LogP contribution in [-0.2, 0) is 17.8 Å². The predicted octanol–water partition coefficient (Wildman–Crippen LogP) is 4.28. The van der Waals surface area contributed by atoms with Gasteiger partial charge in [-0.25, -0.2) is 4.98 Å². The summed E-state index contributed by atoms with van der Waals surface area (Å²) in [5.74, 6) is 1.67. The third-order valence-electron chi connectivity index (χ3n) is 4.27. The number of carbonyl (C=O) groups is 1. The highest BCUT2D eigenvalue weighted by molar-refractivity contribution is 7.09. The number of hydrogen-bond donors (Lipinski definition) is 1. The molecule has 6 heteroatoms. The first-order valence-corrected chi connectivity index (χ1v) is 9.23. The monoisotopic (exact) mass is 366 g/mol. The van der Waals surface area contributed by atoms with Crippen molar-refractivity contribution in [3.63, 3.8) is 0 Å². The molecule has 2 heterocycles. The van der Waals surface area contributed by atoms with Gasteiger partial charge in [0, 0.05) is 23.1 Å². The minimum Gasteiger partial charge on any atom is -0.497 e. The van der Waals surface area contributed by atoms with Crippen LogP contribution in [0.25, 0.3) is 11.3 Å². The van der Waals surface area contributed by atoms with E-state index in [4.69, 9.17) is 9.47 Å². The number of fused-ring (bicyclic) bond motifs is 1.